The average Bonchev–Trinajstić information content (AvgIpc) is 2.25. The van der Waals surface area contributed by atoms with E-state index in [9.17, 15) is 4.79 Å². The van der Waals surface area contributed by atoms with Gasteiger partial charge in [0.2, 0.25) is 5.91 Å². The van der Waals surface area contributed by atoms with Crippen LogP contribution >= 0.6 is 0 Å². The van der Waals surface area contributed by atoms with E-state index >= 15 is 0 Å². The zero-order valence-corrected chi connectivity index (χ0v) is 16.0. The molecule has 0 spiro atoms. The van der Waals surface area contributed by atoms with Gasteiger partial charge in [0.25, 0.3) is 0 Å². The minimum absolute atomic E-state index is 0.212. The largest absolute Gasteiger partial charge is 0.341 e. The van der Waals surface area contributed by atoms with E-state index in [0.717, 1.165) is 6.54 Å². The highest BCUT2D eigenvalue weighted by Gasteiger charge is 2.42. The van der Waals surface area contributed by atoms with Crippen LogP contribution in [-0.4, -0.2) is 32.2 Å². The molecular formula is C16H29NOSi2. The maximum Gasteiger partial charge on any atom is 0.219 e. The Hall–Kier alpha value is -0.876. The Morgan fingerprint density at radius 3 is 1.80 bits per heavy atom. The number of amides is 1. The normalized spacial score (nSPS) is 12.6. The van der Waals surface area contributed by atoms with Gasteiger partial charge < -0.3 is 4.90 Å². The molecule has 0 aliphatic heterocycles. The molecule has 0 heterocycles. The molecule has 1 amide bonds. The van der Waals surface area contributed by atoms with Crippen LogP contribution in [0, 0.1) is 0 Å². The second-order valence-electron chi connectivity index (χ2n) is 7.77. The fraction of sp³-hybridized carbons (Fsp3) is 0.562. The lowest BCUT2D eigenvalue weighted by atomic mass is 10.2. The third-order valence-electron chi connectivity index (χ3n) is 3.55. The molecule has 0 aromatic heterocycles. The zero-order chi connectivity index (χ0) is 15.6. The first-order valence-corrected chi connectivity index (χ1v) is 14.5. The Kier molecular flexibility index (Phi) is 5.38. The van der Waals surface area contributed by atoms with Crippen LogP contribution < -0.4 is 0 Å². The molecule has 1 aromatic carbocycles. The highest BCUT2D eigenvalue weighted by atomic mass is 28.4. The number of hydrogen-bond acceptors (Lipinski definition) is 1. The van der Waals surface area contributed by atoms with Crippen molar-refractivity contribution in [1.82, 2.24) is 4.90 Å². The minimum Gasteiger partial charge on any atom is -0.341 e. The third kappa shape index (κ3) is 4.60. The van der Waals surface area contributed by atoms with Gasteiger partial charge in [0, 0.05) is 18.8 Å². The lowest BCUT2D eigenvalue weighted by molar-refractivity contribution is -0.129. The molecule has 0 bridgehead atoms. The van der Waals surface area contributed by atoms with Crippen LogP contribution in [0.2, 0.25) is 39.3 Å². The van der Waals surface area contributed by atoms with Gasteiger partial charge in [-0.1, -0.05) is 69.6 Å². The van der Waals surface area contributed by atoms with Gasteiger partial charge in [0.1, 0.15) is 0 Å². The number of benzene rings is 1. The van der Waals surface area contributed by atoms with E-state index in [2.05, 4.69) is 56.3 Å². The quantitative estimate of drug-likeness (QED) is 0.748. The average molecular weight is 308 g/mol. The fourth-order valence-electron chi connectivity index (χ4n) is 3.40. The van der Waals surface area contributed by atoms with Gasteiger partial charge in [-0.25, -0.2) is 0 Å². The summed E-state index contributed by atoms with van der Waals surface area (Å²) in [5.41, 5.74) is 1.23. The molecule has 0 unspecified atom stereocenters. The van der Waals surface area contributed by atoms with Gasteiger partial charge in [-0.15, -0.1) is 0 Å². The highest BCUT2D eigenvalue weighted by molar-refractivity contribution is 6.96. The predicted octanol–water partition coefficient (Wildman–Crippen LogP) is 4.16. The third-order valence-corrected chi connectivity index (χ3v) is 12.7. The van der Waals surface area contributed by atoms with Crippen LogP contribution in [0.15, 0.2) is 30.3 Å². The summed E-state index contributed by atoms with van der Waals surface area (Å²) < 4.78 is 0. The van der Waals surface area contributed by atoms with E-state index < -0.39 is 16.1 Å². The van der Waals surface area contributed by atoms with Gasteiger partial charge in [-0.3, -0.25) is 4.79 Å². The second kappa shape index (κ2) is 6.27. The van der Waals surface area contributed by atoms with Gasteiger partial charge >= 0.3 is 0 Å². The maximum atomic E-state index is 12.3. The van der Waals surface area contributed by atoms with Crippen molar-refractivity contribution < 1.29 is 4.79 Å². The van der Waals surface area contributed by atoms with Crippen molar-refractivity contribution in [3.63, 3.8) is 0 Å². The number of hydrogen-bond donors (Lipinski definition) is 0. The molecule has 0 N–H and O–H groups in total. The molecule has 4 heteroatoms. The van der Waals surface area contributed by atoms with E-state index in [1.807, 2.05) is 18.2 Å². The second-order valence-corrected chi connectivity index (χ2v) is 18.9. The van der Waals surface area contributed by atoms with Crippen molar-refractivity contribution in [2.75, 3.05) is 0 Å². The molecule has 0 fully saturated rings. The monoisotopic (exact) mass is 307 g/mol. The van der Waals surface area contributed by atoms with Crippen molar-refractivity contribution in [3.8, 4) is 0 Å². The smallest absolute Gasteiger partial charge is 0.219 e. The SMILES string of the molecule is CC(=O)N(Cc1ccccc1)C([Si](C)(C)C)[Si](C)(C)C. The fourth-order valence-corrected chi connectivity index (χ4v) is 16.2. The lowest BCUT2D eigenvalue weighted by Crippen LogP contribution is -2.64. The summed E-state index contributed by atoms with van der Waals surface area (Å²) in [5.74, 6) is 0.212. The van der Waals surface area contributed by atoms with Crippen molar-refractivity contribution >= 4 is 22.1 Å². The first-order chi connectivity index (χ1) is 9.03. The summed E-state index contributed by atoms with van der Waals surface area (Å²) in [4.78, 5) is 14.4. The minimum atomic E-state index is -1.43. The van der Waals surface area contributed by atoms with Gasteiger partial charge in [-0.2, -0.15) is 0 Å². The molecule has 0 saturated heterocycles. The Balaban J connectivity index is 3.13. The van der Waals surface area contributed by atoms with Crippen LogP contribution in [0.1, 0.15) is 12.5 Å². The van der Waals surface area contributed by atoms with Crippen LogP contribution in [0.5, 0.6) is 0 Å². The molecule has 1 aromatic rings. The number of rotatable bonds is 5. The van der Waals surface area contributed by atoms with Crippen LogP contribution in [-0.2, 0) is 11.3 Å². The summed E-state index contributed by atoms with van der Waals surface area (Å²) in [6.45, 7) is 16.8. The first-order valence-electron chi connectivity index (χ1n) is 7.34. The summed E-state index contributed by atoms with van der Waals surface area (Å²) in [5, 5.41) is 0.465. The first kappa shape index (κ1) is 17.2. The molecule has 112 valence electrons. The Bertz CT molecular complexity index is 432. The predicted molar refractivity (Wildman–Crippen MR) is 93.1 cm³/mol. The topological polar surface area (TPSA) is 20.3 Å². The molecule has 2 nitrogen and oxygen atoms in total. The van der Waals surface area contributed by atoms with Crippen LogP contribution in [0.3, 0.4) is 0 Å². The van der Waals surface area contributed by atoms with E-state index in [-0.39, 0.29) is 5.91 Å². The van der Waals surface area contributed by atoms with Gasteiger partial charge in [0.05, 0.1) is 16.1 Å². The molecular weight excluding hydrogens is 278 g/mol. The Labute approximate surface area is 126 Å². The molecule has 1 rings (SSSR count). The maximum absolute atomic E-state index is 12.3. The van der Waals surface area contributed by atoms with Crippen molar-refractivity contribution in [1.29, 1.82) is 0 Å². The molecule has 0 atom stereocenters. The van der Waals surface area contributed by atoms with Crippen molar-refractivity contribution in [2.24, 2.45) is 0 Å². The summed E-state index contributed by atoms with van der Waals surface area (Å²) in [6.07, 6.45) is 0. The molecule has 0 aliphatic rings. The van der Waals surface area contributed by atoms with Gasteiger partial charge in [-0.05, 0) is 5.56 Å². The zero-order valence-electron chi connectivity index (χ0n) is 14.0. The van der Waals surface area contributed by atoms with Crippen LogP contribution in [0.25, 0.3) is 0 Å². The highest BCUT2D eigenvalue weighted by Crippen LogP contribution is 2.26. The molecule has 0 aliphatic carbocycles. The standard InChI is InChI=1S/C16H29NOSi2/c1-14(18)17(13-15-11-9-8-10-12-15)16(19(2,3)4)20(5,6)7/h8-12,16H,13H2,1-7H3. The summed E-state index contributed by atoms with van der Waals surface area (Å²) in [7, 11) is -2.87. The van der Waals surface area contributed by atoms with Crippen molar-refractivity contribution in [2.45, 2.75) is 58.0 Å². The number of nitrogens with zero attached hydrogens (tertiary/aromatic N) is 1. The van der Waals surface area contributed by atoms with E-state index in [4.69, 9.17) is 0 Å². The van der Waals surface area contributed by atoms with Crippen LogP contribution in [0.4, 0.5) is 0 Å². The molecule has 0 radical (unpaired) electrons. The Morgan fingerprint density at radius 1 is 1.00 bits per heavy atom. The van der Waals surface area contributed by atoms with E-state index in [1.165, 1.54) is 5.56 Å². The molecule has 0 saturated carbocycles. The van der Waals surface area contributed by atoms with Crippen molar-refractivity contribution in [3.05, 3.63) is 35.9 Å². The summed E-state index contributed by atoms with van der Waals surface area (Å²) in [6, 6.07) is 10.3. The lowest BCUT2D eigenvalue weighted by Gasteiger charge is -2.46. The number of carbonyl (C=O) groups is 1. The van der Waals surface area contributed by atoms with E-state index in [1.54, 1.807) is 6.92 Å². The summed E-state index contributed by atoms with van der Waals surface area (Å²) >= 11 is 0. The number of carbonyl (C=O) groups excluding carboxylic acids is 1. The van der Waals surface area contributed by atoms with E-state index in [0.29, 0.717) is 5.29 Å². The Morgan fingerprint density at radius 2 is 1.45 bits per heavy atom. The van der Waals surface area contributed by atoms with Gasteiger partial charge in [0.15, 0.2) is 0 Å². The molecule has 20 heavy (non-hydrogen) atoms.